The second-order valence-corrected chi connectivity index (χ2v) is 4.38. The number of hydrogen-bond donors (Lipinski definition) is 1. The highest BCUT2D eigenvalue weighted by atomic mass is 35.5. The van der Waals surface area contributed by atoms with E-state index in [1.165, 1.54) is 5.69 Å². The van der Waals surface area contributed by atoms with E-state index in [1.807, 2.05) is 23.0 Å². The van der Waals surface area contributed by atoms with Gasteiger partial charge in [0.25, 0.3) is 0 Å². The average molecular weight is 302 g/mol. The van der Waals surface area contributed by atoms with Gasteiger partial charge in [0.1, 0.15) is 6.67 Å². The van der Waals surface area contributed by atoms with Gasteiger partial charge in [-0.2, -0.15) is 10.2 Å². The number of nitrogens with one attached hydrogen (secondary N) is 1. The SMILES string of the molecule is CCCn1nccc1CNCc1ccnn1CCF.Cl. The van der Waals surface area contributed by atoms with Gasteiger partial charge in [0.15, 0.2) is 0 Å². The first kappa shape index (κ1) is 16.7. The largest absolute Gasteiger partial charge is 0.306 e. The fraction of sp³-hybridized carbons (Fsp3) is 0.538. The Bertz CT molecular complexity index is 452. The maximum absolute atomic E-state index is 12.3. The summed E-state index contributed by atoms with van der Waals surface area (Å²) in [5.41, 5.74) is 2.16. The van der Waals surface area contributed by atoms with Crippen LogP contribution in [0.3, 0.4) is 0 Å². The molecule has 0 spiro atoms. The van der Waals surface area contributed by atoms with Crippen LogP contribution in [0.4, 0.5) is 4.39 Å². The molecule has 0 aliphatic rings. The Labute approximate surface area is 124 Å². The number of rotatable bonds is 8. The molecule has 7 heteroatoms. The number of nitrogens with zero attached hydrogens (tertiary/aromatic N) is 4. The van der Waals surface area contributed by atoms with E-state index in [4.69, 9.17) is 0 Å². The van der Waals surface area contributed by atoms with E-state index in [0.29, 0.717) is 13.1 Å². The van der Waals surface area contributed by atoms with Crippen molar-refractivity contribution in [2.45, 2.75) is 39.5 Å². The number of aryl methyl sites for hydroxylation is 2. The minimum Gasteiger partial charge on any atom is -0.306 e. The number of alkyl halides is 1. The summed E-state index contributed by atoms with van der Waals surface area (Å²) in [5, 5.41) is 11.7. The van der Waals surface area contributed by atoms with Crippen molar-refractivity contribution in [3.63, 3.8) is 0 Å². The third kappa shape index (κ3) is 4.31. The van der Waals surface area contributed by atoms with E-state index in [-0.39, 0.29) is 12.4 Å². The number of hydrogen-bond acceptors (Lipinski definition) is 3. The number of halogens is 2. The Kier molecular flexibility index (Phi) is 7.25. The molecule has 2 heterocycles. The van der Waals surface area contributed by atoms with Crippen LogP contribution in [-0.2, 0) is 26.2 Å². The van der Waals surface area contributed by atoms with Crippen LogP contribution >= 0.6 is 12.4 Å². The van der Waals surface area contributed by atoms with E-state index in [9.17, 15) is 4.39 Å². The molecule has 2 rings (SSSR count). The smallest absolute Gasteiger partial charge is 0.109 e. The van der Waals surface area contributed by atoms with E-state index in [1.54, 1.807) is 10.9 Å². The lowest BCUT2D eigenvalue weighted by Crippen LogP contribution is -2.19. The van der Waals surface area contributed by atoms with Gasteiger partial charge >= 0.3 is 0 Å². The van der Waals surface area contributed by atoms with Gasteiger partial charge in [-0.15, -0.1) is 12.4 Å². The van der Waals surface area contributed by atoms with Crippen molar-refractivity contribution in [3.05, 3.63) is 35.9 Å². The zero-order valence-corrected chi connectivity index (χ0v) is 12.4. The van der Waals surface area contributed by atoms with Crippen molar-refractivity contribution < 1.29 is 4.39 Å². The molecule has 0 atom stereocenters. The number of aromatic nitrogens is 4. The third-order valence-corrected chi connectivity index (χ3v) is 2.95. The molecule has 1 N–H and O–H groups in total. The quantitative estimate of drug-likeness (QED) is 0.813. The monoisotopic (exact) mass is 301 g/mol. The molecule has 0 aliphatic carbocycles. The molecule has 2 aromatic heterocycles. The van der Waals surface area contributed by atoms with Crippen molar-refractivity contribution in [2.75, 3.05) is 6.67 Å². The average Bonchev–Trinajstić information content (AvgIpc) is 3.01. The van der Waals surface area contributed by atoms with Gasteiger partial charge in [-0.1, -0.05) is 6.92 Å². The van der Waals surface area contributed by atoms with Crippen LogP contribution in [0.5, 0.6) is 0 Å². The van der Waals surface area contributed by atoms with Crippen LogP contribution in [-0.4, -0.2) is 26.2 Å². The predicted octanol–water partition coefficient (Wildman–Crippen LogP) is 2.17. The molecule has 0 saturated heterocycles. The molecule has 5 nitrogen and oxygen atoms in total. The van der Waals surface area contributed by atoms with E-state index < -0.39 is 6.67 Å². The summed E-state index contributed by atoms with van der Waals surface area (Å²) >= 11 is 0. The molecule has 0 fully saturated rings. The Morgan fingerprint density at radius 3 is 2.10 bits per heavy atom. The zero-order valence-electron chi connectivity index (χ0n) is 11.6. The molecule has 0 bridgehead atoms. The Balaban J connectivity index is 0.00000200. The predicted molar refractivity (Wildman–Crippen MR) is 78.5 cm³/mol. The highest BCUT2D eigenvalue weighted by Crippen LogP contribution is 2.02. The molecule has 112 valence electrons. The van der Waals surface area contributed by atoms with Crippen LogP contribution in [0.2, 0.25) is 0 Å². The maximum atomic E-state index is 12.3. The van der Waals surface area contributed by atoms with Crippen LogP contribution < -0.4 is 5.32 Å². The van der Waals surface area contributed by atoms with E-state index in [0.717, 1.165) is 25.2 Å². The summed E-state index contributed by atoms with van der Waals surface area (Å²) in [4.78, 5) is 0. The van der Waals surface area contributed by atoms with Gasteiger partial charge in [0.2, 0.25) is 0 Å². The summed E-state index contributed by atoms with van der Waals surface area (Å²) in [7, 11) is 0. The lowest BCUT2D eigenvalue weighted by atomic mass is 10.3. The molecular formula is C13H21ClFN5. The van der Waals surface area contributed by atoms with Crippen molar-refractivity contribution in [3.8, 4) is 0 Å². The molecule has 0 aromatic carbocycles. The lowest BCUT2D eigenvalue weighted by molar-refractivity contribution is 0.416. The Morgan fingerprint density at radius 2 is 1.60 bits per heavy atom. The molecule has 0 saturated carbocycles. The molecular weight excluding hydrogens is 281 g/mol. The van der Waals surface area contributed by atoms with E-state index in [2.05, 4.69) is 22.4 Å². The van der Waals surface area contributed by atoms with Crippen molar-refractivity contribution >= 4 is 12.4 Å². The van der Waals surface area contributed by atoms with Gasteiger partial charge in [0, 0.05) is 32.0 Å². The van der Waals surface area contributed by atoms with Gasteiger partial charge in [-0.05, 0) is 18.6 Å². The summed E-state index contributed by atoms with van der Waals surface area (Å²) < 4.78 is 16.0. The van der Waals surface area contributed by atoms with Crippen LogP contribution in [0, 0.1) is 0 Å². The fourth-order valence-corrected chi connectivity index (χ4v) is 2.03. The fourth-order valence-electron chi connectivity index (χ4n) is 2.03. The normalized spacial score (nSPS) is 10.5. The second kappa shape index (κ2) is 8.71. The summed E-state index contributed by atoms with van der Waals surface area (Å²) in [5.74, 6) is 0. The van der Waals surface area contributed by atoms with Gasteiger partial charge < -0.3 is 5.32 Å². The van der Waals surface area contributed by atoms with Gasteiger partial charge in [-0.25, -0.2) is 4.39 Å². The van der Waals surface area contributed by atoms with Gasteiger partial charge in [0.05, 0.1) is 17.9 Å². The Morgan fingerprint density at radius 1 is 1.05 bits per heavy atom. The second-order valence-electron chi connectivity index (χ2n) is 4.38. The summed E-state index contributed by atoms with van der Waals surface area (Å²) in [6.45, 7) is 4.42. The maximum Gasteiger partial charge on any atom is 0.109 e. The topological polar surface area (TPSA) is 47.7 Å². The first-order valence-electron chi connectivity index (χ1n) is 6.63. The molecule has 20 heavy (non-hydrogen) atoms. The molecule has 0 amide bonds. The van der Waals surface area contributed by atoms with Gasteiger partial charge in [-0.3, -0.25) is 9.36 Å². The van der Waals surface area contributed by atoms with E-state index >= 15 is 0 Å². The standard InChI is InChI=1S/C13H20FN5.ClH/c1-2-8-18-12(3-6-16-18)10-15-11-13-4-7-17-19(13)9-5-14;/h3-4,6-7,15H,2,5,8-11H2,1H3;1H. The van der Waals surface area contributed by atoms with Crippen LogP contribution in [0.25, 0.3) is 0 Å². The summed E-state index contributed by atoms with van der Waals surface area (Å²) in [6.07, 6.45) is 4.59. The van der Waals surface area contributed by atoms with Crippen molar-refractivity contribution in [2.24, 2.45) is 0 Å². The minimum absolute atomic E-state index is 0. The highest BCUT2D eigenvalue weighted by molar-refractivity contribution is 5.85. The lowest BCUT2D eigenvalue weighted by Gasteiger charge is -2.09. The third-order valence-electron chi connectivity index (χ3n) is 2.95. The first-order chi connectivity index (χ1) is 9.35. The van der Waals surface area contributed by atoms with Crippen LogP contribution in [0.1, 0.15) is 24.7 Å². The van der Waals surface area contributed by atoms with Crippen LogP contribution in [0.15, 0.2) is 24.5 Å². The Hall–Kier alpha value is -1.40. The van der Waals surface area contributed by atoms with Crippen molar-refractivity contribution in [1.82, 2.24) is 24.9 Å². The molecule has 0 radical (unpaired) electrons. The molecule has 0 aliphatic heterocycles. The molecule has 0 unspecified atom stereocenters. The first-order valence-corrected chi connectivity index (χ1v) is 6.63. The minimum atomic E-state index is -0.391. The zero-order chi connectivity index (χ0) is 13.5. The van der Waals surface area contributed by atoms with Crippen molar-refractivity contribution in [1.29, 1.82) is 0 Å². The summed E-state index contributed by atoms with van der Waals surface area (Å²) in [6, 6.07) is 3.92. The molecule has 2 aromatic rings. The highest BCUT2D eigenvalue weighted by Gasteiger charge is 2.04.